The zero-order valence-corrected chi connectivity index (χ0v) is 9.54. The third kappa shape index (κ3) is 2.09. The summed E-state index contributed by atoms with van der Waals surface area (Å²) in [6, 6.07) is 9.29. The molecular formula is C12H8FN3S. The first-order valence-corrected chi connectivity index (χ1v) is 5.91. The van der Waals surface area contributed by atoms with Crippen LogP contribution in [-0.2, 0) is 0 Å². The summed E-state index contributed by atoms with van der Waals surface area (Å²) in [4.78, 5) is 7.35. The van der Waals surface area contributed by atoms with Gasteiger partial charge in [-0.2, -0.15) is 4.39 Å². The summed E-state index contributed by atoms with van der Waals surface area (Å²) >= 11 is 1.69. The Morgan fingerprint density at radius 1 is 1.12 bits per heavy atom. The molecule has 17 heavy (non-hydrogen) atoms. The molecule has 0 unspecified atom stereocenters. The van der Waals surface area contributed by atoms with E-state index in [-0.39, 0.29) is 0 Å². The SMILES string of the molecule is Fc1cc(Nc2ccc3sccc3c2)ncn1. The summed E-state index contributed by atoms with van der Waals surface area (Å²) in [5.74, 6) is -0.0915. The van der Waals surface area contributed by atoms with Crippen molar-refractivity contribution in [1.82, 2.24) is 9.97 Å². The number of halogens is 1. The Kier molecular flexibility index (Phi) is 2.45. The van der Waals surface area contributed by atoms with Crippen LogP contribution in [0.3, 0.4) is 0 Å². The minimum absolute atomic E-state index is 0.451. The zero-order chi connectivity index (χ0) is 11.7. The first-order valence-electron chi connectivity index (χ1n) is 5.03. The molecule has 0 aliphatic carbocycles. The van der Waals surface area contributed by atoms with Gasteiger partial charge in [-0.25, -0.2) is 9.97 Å². The normalized spacial score (nSPS) is 10.6. The molecule has 84 valence electrons. The van der Waals surface area contributed by atoms with Crippen molar-refractivity contribution in [1.29, 1.82) is 0 Å². The van der Waals surface area contributed by atoms with E-state index in [0.717, 1.165) is 11.1 Å². The van der Waals surface area contributed by atoms with Crippen molar-refractivity contribution in [2.24, 2.45) is 0 Å². The highest BCUT2D eigenvalue weighted by Crippen LogP contribution is 2.25. The summed E-state index contributed by atoms with van der Waals surface area (Å²) in [6.45, 7) is 0. The average Bonchev–Trinajstić information content (AvgIpc) is 2.76. The molecule has 0 fully saturated rings. The van der Waals surface area contributed by atoms with Crippen LogP contribution in [0.2, 0.25) is 0 Å². The number of nitrogens with one attached hydrogen (secondary N) is 1. The Bertz CT molecular complexity index is 665. The number of benzene rings is 1. The summed E-state index contributed by atoms with van der Waals surface area (Å²) in [5.41, 5.74) is 0.883. The van der Waals surface area contributed by atoms with Crippen LogP contribution in [0.4, 0.5) is 15.9 Å². The number of rotatable bonds is 2. The third-order valence-corrected chi connectivity index (χ3v) is 3.26. The van der Waals surface area contributed by atoms with Crippen molar-refractivity contribution >= 4 is 32.9 Å². The van der Waals surface area contributed by atoms with Crippen LogP contribution in [0.1, 0.15) is 0 Å². The van der Waals surface area contributed by atoms with E-state index in [1.807, 2.05) is 29.6 Å². The van der Waals surface area contributed by atoms with E-state index in [4.69, 9.17) is 0 Å². The molecule has 0 atom stereocenters. The van der Waals surface area contributed by atoms with Gasteiger partial charge in [0.1, 0.15) is 12.1 Å². The number of hydrogen-bond acceptors (Lipinski definition) is 4. The number of anilines is 2. The van der Waals surface area contributed by atoms with Gasteiger partial charge in [-0.15, -0.1) is 11.3 Å². The van der Waals surface area contributed by atoms with E-state index in [2.05, 4.69) is 15.3 Å². The highest BCUT2D eigenvalue weighted by Gasteiger charge is 2.00. The lowest BCUT2D eigenvalue weighted by molar-refractivity contribution is 0.580. The fraction of sp³-hybridized carbons (Fsp3) is 0. The van der Waals surface area contributed by atoms with Crippen molar-refractivity contribution in [3.05, 3.63) is 48.0 Å². The number of aromatic nitrogens is 2. The van der Waals surface area contributed by atoms with E-state index in [1.165, 1.54) is 17.1 Å². The maximum atomic E-state index is 12.9. The molecule has 0 spiro atoms. The van der Waals surface area contributed by atoms with Gasteiger partial charge in [0.05, 0.1) is 0 Å². The molecule has 0 saturated carbocycles. The molecular weight excluding hydrogens is 237 g/mol. The van der Waals surface area contributed by atoms with Gasteiger partial charge in [-0.3, -0.25) is 0 Å². The second-order valence-corrected chi connectivity index (χ2v) is 4.47. The van der Waals surface area contributed by atoms with Gasteiger partial charge >= 0.3 is 0 Å². The molecule has 5 heteroatoms. The van der Waals surface area contributed by atoms with Gasteiger partial charge in [-0.05, 0) is 35.0 Å². The Morgan fingerprint density at radius 3 is 2.94 bits per heavy atom. The fourth-order valence-electron chi connectivity index (χ4n) is 1.59. The van der Waals surface area contributed by atoms with Crippen molar-refractivity contribution in [2.75, 3.05) is 5.32 Å². The highest BCUT2D eigenvalue weighted by atomic mass is 32.1. The van der Waals surface area contributed by atoms with Crippen molar-refractivity contribution in [3.63, 3.8) is 0 Å². The van der Waals surface area contributed by atoms with Crippen molar-refractivity contribution in [2.45, 2.75) is 0 Å². The van der Waals surface area contributed by atoms with Crippen molar-refractivity contribution < 1.29 is 4.39 Å². The quantitative estimate of drug-likeness (QED) is 0.701. The number of nitrogens with zero attached hydrogens (tertiary/aromatic N) is 2. The fourth-order valence-corrected chi connectivity index (χ4v) is 2.37. The largest absolute Gasteiger partial charge is 0.340 e. The number of hydrogen-bond donors (Lipinski definition) is 1. The summed E-state index contributed by atoms with van der Waals surface area (Å²) in [5, 5.41) is 6.24. The molecule has 0 amide bonds. The van der Waals surface area contributed by atoms with Gasteiger partial charge in [-0.1, -0.05) is 0 Å². The molecule has 2 aromatic heterocycles. The Balaban J connectivity index is 1.94. The molecule has 0 aliphatic heterocycles. The van der Waals surface area contributed by atoms with Crippen LogP contribution >= 0.6 is 11.3 Å². The summed E-state index contributed by atoms with van der Waals surface area (Å²) < 4.78 is 14.1. The molecule has 1 aromatic carbocycles. The van der Waals surface area contributed by atoms with Crippen LogP contribution in [0.15, 0.2) is 42.0 Å². The smallest absolute Gasteiger partial charge is 0.218 e. The lowest BCUT2D eigenvalue weighted by Gasteiger charge is -2.04. The minimum Gasteiger partial charge on any atom is -0.340 e. The molecule has 3 nitrogen and oxygen atoms in total. The molecule has 0 bridgehead atoms. The molecule has 0 aliphatic rings. The van der Waals surface area contributed by atoms with E-state index in [9.17, 15) is 4.39 Å². The van der Waals surface area contributed by atoms with Crippen LogP contribution in [0.5, 0.6) is 0 Å². The Labute approximate surface area is 101 Å². The monoisotopic (exact) mass is 245 g/mol. The molecule has 1 N–H and O–H groups in total. The van der Waals surface area contributed by atoms with Gasteiger partial charge in [0, 0.05) is 16.5 Å². The average molecular weight is 245 g/mol. The van der Waals surface area contributed by atoms with Crippen molar-refractivity contribution in [3.8, 4) is 0 Å². The second kappa shape index (κ2) is 4.10. The third-order valence-electron chi connectivity index (χ3n) is 2.36. The second-order valence-electron chi connectivity index (χ2n) is 3.52. The van der Waals surface area contributed by atoms with Gasteiger partial charge in [0.2, 0.25) is 5.95 Å². The van der Waals surface area contributed by atoms with Crippen LogP contribution in [0, 0.1) is 5.95 Å². The van der Waals surface area contributed by atoms with Gasteiger partial charge in [0.25, 0.3) is 0 Å². The first-order chi connectivity index (χ1) is 8.31. The predicted molar refractivity (Wildman–Crippen MR) is 67.1 cm³/mol. The van der Waals surface area contributed by atoms with Crippen LogP contribution in [-0.4, -0.2) is 9.97 Å². The Morgan fingerprint density at radius 2 is 2.06 bits per heavy atom. The van der Waals surface area contributed by atoms with Crippen LogP contribution in [0.25, 0.3) is 10.1 Å². The highest BCUT2D eigenvalue weighted by molar-refractivity contribution is 7.17. The van der Waals surface area contributed by atoms with E-state index in [0.29, 0.717) is 5.82 Å². The maximum Gasteiger partial charge on any atom is 0.218 e. The number of thiophene rings is 1. The summed E-state index contributed by atoms with van der Waals surface area (Å²) in [6.07, 6.45) is 1.20. The molecule has 2 heterocycles. The predicted octanol–water partition coefficient (Wildman–Crippen LogP) is 3.57. The minimum atomic E-state index is -0.542. The number of fused-ring (bicyclic) bond motifs is 1. The zero-order valence-electron chi connectivity index (χ0n) is 8.72. The van der Waals surface area contributed by atoms with Gasteiger partial charge < -0.3 is 5.32 Å². The van der Waals surface area contributed by atoms with E-state index < -0.39 is 5.95 Å². The maximum absolute atomic E-state index is 12.9. The van der Waals surface area contributed by atoms with E-state index in [1.54, 1.807) is 11.3 Å². The molecule has 0 saturated heterocycles. The van der Waals surface area contributed by atoms with E-state index >= 15 is 0 Å². The molecule has 0 radical (unpaired) electrons. The molecule has 3 rings (SSSR count). The molecule has 3 aromatic rings. The lowest BCUT2D eigenvalue weighted by atomic mass is 10.2. The Hall–Kier alpha value is -2.01. The first kappa shape index (κ1) is 10.2. The van der Waals surface area contributed by atoms with Crippen LogP contribution < -0.4 is 5.32 Å². The summed E-state index contributed by atoms with van der Waals surface area (Å²) in [7, 11) is 0. The van der Waals surface area contributed by atoms with Gasteiger partial charge in [0.15, 0.2) is 0 Å². The topological polar surface area (TPSA) is 37.8 Å². The standard InChI is InChI=1S/C12H8FN3S/c13-11-6-12(15-7-14-11)16-9-1-2-10-8(5-9)3-4-17-10/h1-7H,(H,14,15,16). The lowest BCUT2D eigenvalue weighted by Crippen LogP contribution is -1.95.